The number of ether oxygens (including phenoxy) is 1. The van der Waals surface area contributed by atoms with Crippen LogP contribution in [0.2, 0.25) is 0 Å². The average Bonchev–Trinajstić information content (AvgIpc) is 2.44. The monoisotopic (exact) mass is 271 g/mol. The van der Waals surface area contributed by atoms with Crippen molar-refractivity contribution >= 4 is 5.97 Å². The van der Waals surface area contributed by atoms with Crippen LogP contribution in [-0.4, -0.2) is 43.4 Å². The third-order valence-electron chi connectivity index (χ3n) is 3.19. The van der Waals surface area contributed by atoms with Gasteiger partial charge in [0.25, 0.3) is 0 Å². The zero-order chi connectivity index (χ0) is 14.4. The van der Waals surface area contributed by atoms with Crippen molar-refractivity contribution in [2.24, 2.45) is 0 Å². The van der Waals surface area contributed by atoms with Gasteiger partial charge in [0.1, 0.15) is 12.8 Å². The maximum Gasteiger partial charge on any atom is 0.337 e. The molecule has 2 unspecified atom stereocenters. The van der Waals surface area contributed by atoms with Gasteiger partial charge in [0, 0.05) is 0 Å². The second-order valence-electron chi connectivity index (χ2n) is 4.37. The molecule has 0 fully saturated rings. The molecule has 5 heteroatoms. The Kier molecular flexibility index (Phi) is 5.73. The molecule has 3 nitrogen and oxygen atoms in total. The standard InChI is InChI=1S/C14H19F2NO2/c1-4-17(9-11(16)8-15)13-7-5-6-12(10(13)2)14(18)19-3/h4-6,11,13H,1,7-9H2,2-3H3. The van der Waals surface area contributed by atoms with Crippen LogP contribution in [0.15, 0.2) is 36.1 Å². The van der Waals surface area contributed by atoms with Crippen LogP contribution in [-0.2, 0) is 9.53 Å². The highest BCUT2D eigenvalue weighted by molar-refractivity contribution is 5.92. The van der Waals surface area contributed by atoms with E-state index in [0.29, 0.717) is 12.0 Å². The van der Waals surface area contributed by atoms with Crippen molar-refractivity contribution in [1.29, 1.82) is 0 Å². The first-order chi connectivity index (χ1) is 9.04. The van der Waals surface area contributed by atoms with Gasteiger partial charge in [0.05, 0.1) is 25.3 Å². The first kappa shape index (κ1) is 15.4. The zero-order valence-electron chi connectivity index (χ0n) is 11.2. The van der Waals surface area contributed by atoms with E-state index in [9.17, 15) is 13.6 Å². The SMILES string of the molecule is C=CN(CC(F)CF)C1CC=CC(C(=O)OC)=C1C. The Morgan fingerprint density at radius 3 is 2.95 bits per heavy atom. The lowest BCUT2D eigenvalue weighted by molar-refractivity contribution is -0.135. The van der Waals surface area contributed by atoms with Gasteiger partial charge in [-0.2, -0.15) is 0 Å². The average molecular weight is 271 g/mol. The Morgan fingerprint density at radius 2 is 2.42 bits per heavy atom. The van der Waals surface area contributed by atoms with Gasteiger partial charge in [-0.05, 0) is 25.1 Å². The van der Waals surface area contributed by atoms with E-state index in [2.05, 4.69) is 6.58 Å². The molecular weight excluding hydrogens is 252 g/mol. The maximum absolute atomic E-state index is 13.2. The molecule has 0 aromatic rings. The minimum absolute atomic E-state index is 0.0791. The summed E-state index contributed by atoms with van der Waals surface area (Å²) in [5.41, 5.74) is 1.24. The highest BCUT2D eigenvalue weighted by atomic mass is 19.2. The Hall–Kier alpha value is -1.65. The van der Waals surface area contributed by atoms with Gasteiger partial charge >= 0.3 is 5.97 Å². The molecule has 19 heavy (non-hydrogen) atoms. The quantitative estimate of drug-likeness (QED) is 0.695. The lowest BCUT2D eigenvalue weighted by atomic mass is 9.92. The number of esters is 1. The predicted molar refractivity (Wildman–Crippen MR) is 70.0 cm³/mol. The molecule has 0 N–H and O–H groups in total. The zero-order valence-corrected chi connectivity index (χ0v) is 11.2. The second kappa shape index (κ2) is 7.07. The summed E-state index contributed by atoms with van der Waals surface area (Å²) < 4.78 is 30.2. The third-order valence-corrected chi connectivity index (χ3v) is 3.19. The van der Waals surface area contributed by atoms with E-state index in [0.717, 1.165) is 5.57 Å². The van der Waals surface area contributed by atoms with Crippen molar-refractivity contribution in [2.75, 3.05) is 20.3 Å². The lowest BCUT2D eigenvalue weighted by Crippen LogP contribution is -2.38. The molecule has 0 aromatic heterocycles. The summed E-state index contributed by atoms with van der Waals surface area (Å²) in [5, 5.41) is 0. The summed E-state index contributed by atoms with van der Waals surface area (Å²) >= 11 is 0. The van der Waals surface area contributed by atoms with Gasteiger partial charge in [-0.25, -0.2) is 13.6 Å². The topological polar surface area (TPSA) is 29.5 Å². The first-order valence-corrected chi connectivity index (χ1v) is 6.09. The fraction of sp³-hybridized carbons (Fsp3) is 0.500. The molecule has 1 rings (SSSR count). The van der Waals surface area contributed by atoms with Gasteiger partial charge < -0.3 is 9.64 Å². The smallest absolute Gasteiger partial charge is 0.337 e. The van der Waals surface area contributed by atoms with Crippen LogP contribution >= 0.6 is 0 Å². The number of halogens is 2. The lowest BCUT2D eigenvalue weighted by Gasteiger charge is -2.33. The minimum atomic E-state index is -1.56. The fourth-order valence-electron chi connectivity index (χ4n) is 2.13. The molecular formula is C14H19F2NO2. The summed E-state index contributed by atoms with van der Waals surface area (Å²) in [7, 11) is 1.31. The van der Waals surface area contributed by atoms with Crippen LogP contribution in [0.5, 0.6) is 0 Å². The molecule has 0 bridgehead atoms. The summed E-state index contributed by atoms with van der Waals surface area (Å²) in [6.07, 6.45) is 4.06. The number of methoxy groups -OCH3 is 1. The van der Waals surface area contributed by atoms with Crippen LogP contribution in [0.1, 0.15) is 13.3 Å². The highest BCUT2D eigenvalue weighted by Gasteiger charge is 2.26. The van der Waals surface area contributed by atoms with Crippen molar-refractivity contribution in [1.82, 2.24) is 4.90 Å². The Balaban J connectivity index is 2.93. The van der Waals surface area contributed by atoms with Gasteiger partial charge in [0.2, 0.25) is 0 Å². The third kappa shape index (κ3) is 3.66. The molecule has 0 radical (unpaired) electrons. The Morgan fingerprint density at radius 1 is 1.74 bits per heavy atom. The van der Waals surface area contributed by atoms with Crippen LogP contribution < -0.4 is 0 Å². The molecule has 0 heterocycles. The molecule has 0 spiro atoms. The largest absolute Gasteiger partial charge is 0.465 e. The number of hydrogen-bond acceptors (Lipinski definition) is 3. The van der Waals surface area contributed by atoms with E-state index in [1.54, 1.807) is 17.9 Å². The second-order valence-corrected chi connectivity index (χ2v) is 4.37. The van der Waals surface area contributed by atoms with Gasteiger partial charge in [-0.3, -0.25) is 0 Å². The van der Waals surface area contributed by atoms with E-state index in [4.69, 9.17) is 4.74 Å². The van der Waals surface area contributed by atoms with Crippen molar-refractivity contribution in [3.8, 4) is 0 Å². The van der Waals surface area contributed by atoms with E-state index in [-0.39, 0.29) is 12.6 Å². The summed E-state index contributed by atoms with van der Waals surface area (Å²) in [4.78, 5) is 13.2. The number of alkyl halides is 2. The number of hydrogen-bond donors (Lipinski definition) is 0. The van der Waals surface area contributed by atoms with Gasteiger partial charge in [0.15, 0.2) is 0 Å². The van der Waals surface area contributed by atoms with Gasteiger partial charge in [-0.1, -0.05) is 18.7 Å². The molecule has 0 saturated heterocycles. The van der Waals surface area contributed by atoms with Crippen LogP contribution in [0.4, 0.5) is 8.78 Å². The molecule has 0 saturated carbocycles. The summed E-state index contributed by atoms with van der Waals surface area (Å²) in [5.74, 6) is -0.426. The Labute approximate surface area is 112 Å². The molecule has 106 valence electrons. The molecule has 1 aliphatic rings. The minimum Gasteiger partial charge on any atom is -0.465 e. The first-order valence-electron chi connectivity index (χ1n) is 6.09. The number of carbonyl (C=O) groups is 1. The van der Waals surface area contributed by atoms with E-state index >= 15 is 0 Å². The normalized spacial score (nSPS) is 20.1. The van der Waals surface area contributed by atoms with Crippen molar-refractivity contribution in [2.45, 2.75) is 25.6 Å². The number of carbonyl (C=O) groups excluding carboxylic acids is 1. The molecule has 0 aromatic carbocycles. The van der Waals surface area contributed by atoms with Crippen molar-refractivity contribution in [3.63, 3.8) is 0 Å². The van der Waals surface area contributed by atoms with Crippen molar-refractivity contribution < 1.29 is 18.3 Å². The highest BCUT2D eigenvalue weighted by Crippen LogP contribution is 2.25. The fourth-order valence-corrected chi connectivity index (χ4v) is 2.13. The van der Waals surface area contributed by atoms with E-state index in [1.165, 1.54) is 13.3 Å². The predicted octanol–water partition coefficient (Wildman–Crippen LogP) is 2.56. The number of nitrogens with zero attached hydrogens (tertiary/aromatic N) is 1. The van der Waals surface area contributed by atoms with E-state index < -0.39 is 18.8 Å². The maximum atomic E-state index is 13.2. The molecule has 0 aliphatic heterocycles. The molecule has 2 atom stereocenters. The summed E-state index contributed by atoms with van der Waals surface area (Å²) in [6, 6.07) is -0.193. The van der Waals surface area contributed by atoms with Crippen LogP contribution in [0.3, 0.4) is 0 Å². The Bertz CT molecular complexity index is 404. The van der Waals surface area contributed by atoms with Crippen molar-refractivity contribution in [3.05, 3.63) is 36.1 Å². The van der Waals surface area contributed by atoms with E-state index in [1.807, 2.05) is 6.08 Å². The van der Waals surface area contributed by atoms with Gasteiger partial charge in [-0.15, -0.1) is 0 Å². The summed E-state index contributed by atoms with van der Waals surface area (Å²) in [6.45, 7) is 4.31. The molecule has 0 amide bonds. The number of rotatable bonds is 6. The van der Waals surface area contributed by atoms with Crippen LogP contribution in [0, 0.1) is 0 Å². The van der Waals surface area contributed by atoms with Crippen LogP contribution in [0.25, 0.3) is 0 Å². The molecule has 1 aliphatic carbocycles.